The minimum Gasteiger partial charge on any atom is -0.462 e. The second-order valence-corrected chi connectivity index (χ2v) is 27.9. The number of allylic oxidation sites excluding steroid dienone is 1. The van der Waals surface area contributed by atoms with E-state index in [0.29, 0.717) is 35.5 Å². The largest absolute Gasteiger partial charge is 0.462 e. The highest BCUT2D eigenvalue weighted by Crippen LogP contribution is 2.67. The fourth-order valence-corrected chi connectivity index (χ4v) is 20.3. The summed E-state index contributed by atoms with van der Waals surface area (Å²) < 4.78 is 28.7. The summed E-state index contributed by atoms with van der Waals surface area (Å²) in [6.07, 6.45) is 15.9. The quantitative estimate of drug-likeness (QED) is 0.0405. The molecule has 69 heavy (non-hydrogen) atoms. The topological polar surface area (TPSA) is 157 Å². The van der Waals surface area contributed by atoms with Gasteiger partial charge in [0.25, 0.3) is 0 Å². The molecule has 0 heterocycles. The van der Waals surface area contributed by atoms with Gasteiger partial charge >= 0.3 is 23.9 Å². The highest BCUT2D eigenvalue weighted by atomic mass is 127. The monoisotopic (exact) mass is 1620 g/mol. The number of rotatable bonds is 21. The van der Waals surface area contributed by atoms with E-state index in [1.54, 1.807) is 0 Å². The Labute approximate surface area is 492 Å². The summed E-state index contributed by atoms with van der Waals surface area (Å²) in [5.74, 6) is 2.81. The molecule has 3 saturated carbocycles. The van der Waals surface area contributed by atoms with Gasteiger partial charge in [-0.25, -0.2) is 0 Å². The Morgan fingerprint density at radius 1 is 0.681 bits per heavy atom. The molecule has 2 aromatic rings. The fraction of sp³-hybridized carbons (Fsp3) is 0.660. The maximum atomic E-state index is 13.2. The average molecular weight is 1620 g/mol. The molecule has 16 heteroatoms. The van der Waals surface area contributed by atoms with Crippen LogP contribution in [0.15, 0.2) is 23.8 Å². The molecule has 4 N–H and O–H groups in total. The van der Waals surface area contributed by atoms with Gasteiger partial charge in [0.05, 0.1) is 11.4 Å². The predicted molar refractivity (Wildman–Crippen MR) is 323 cm³/mol. The van der Waals surface area contributed by atoms with Gasteiger partial charge in [-0.1, -0.05) is 65.5 Å². The molecule has 0 radical (unpaired) electrons. The molecule has 0 aromatic heterocycles. The van der Waals surface area contributed by atoms with Gasteiger partial charge in [0.2, 0.25) is 0 Å². The number of carbonyl (C=O) groups is 4. The first-order chi connectivity index (χ1) is 32.6. The minimum absolute atomic E-state index is 0.0433. The molecule has 0 saturated heterocycles. The van der Waals surface area contributed by atoms with E-state index >= 15 is 0 Å². The van der Waals surface area contributed by atoms with Crippen LogP contribution in [0.25, 0.3) is 0 Å². The summed E-state index contributed by atoms with van der Waals surface area (Å²) in [6.45, 7) is 11.8. The molecule has 3 fully saturated rings. The van der Waals surface area contributed by atoms with Crippen LogP contribution >= 0.6 is 136 Å². The summed E-state index contributed by atoms with van der Waals surface area (Å²) in [6, 6.07) is 3.96. The number of fused-ring (bicyclic) bond motifs is 5. The van der Waals surface area contributed by atoms with Crippen molar-refractivity contribution in [1.82, 2.24) is 0 Å². The van der Waals surface area contributed by atoms with Gasteiger partial charge in [-0.2, -0.15) is 0 Å². The molecular formula is C53H70I6N2O8. The van der Waals surface area contributed by atoms with Crippen LogP contribution in [-0.4, -0.2) is 49.3 Å². The predicted octanol–water partition coefficient (Wildman–Crippen LogP) is 14.2. The summed E-state index contributed by atoms with van der Waals surface area (Å²) in [4.78, 5) is 52.5. The molecule has 10 nitrogen and oxygen atoms in total. The zero-order chi connectivity index (χ0) is 50.4. The number of ether oxygens (including phenoxy) is 4. The van der Waals surface area contributed by atoms with Crippen molar-refractivity contribution < 1.29 is 38.1 Å². The van der Waals surface area contributed by atoms with E-state index in [1.165, 1.54) is 50.5 Å². The number of hydrogen-bond acceptors (Lipinski definition) is 10. The highest BCUT2D eigenvalue weighted by molar-refractivity contribution is 14.1. The summed E-state index contributed by atoms with van der Waals surface area (Å²) in [7, 11) is 0. The molecule has 0 amide bonds. The smallest absolute Gasteiger partial charge is 0.306 e. The van der Waals surface area contributed by atoms with Crippen molar-refractivity contribution in [1.29, 1.82) is 0 Å². The van der Waals surface area contributed by atoms with Crippen molar-refractivity contribution in [2.75, 3.05) is 24.7 Å². The van der Waals surface area contributed by atoms with Crippen molar-refractivity contribution in [2.24, 2.45) is 46.3 Å². The van der Waals surface area contributed by atoms with Gasteiger partial charge in [-0.3, -0.25) is 19.2 Å². The van der Waals surface area contributed by atoms with Crippen LogP contribution < -0.4 is 11.5 Å². The van der Waals surface area contributed by atoms with Crippen LogP contribution in [0.2, 0.25) is 0 Å². The average Bonchev–Trinajstić information content (AvgIpc) is 3.65. The molecule has 4 aliphatic rings. The van der Waals surface area contributed by atoms with Gasteiger partial charge in [0.1, 0.15) is 19.3 Å². The van der Waals surface area contributed by atoms with Crippen molar-refractivity contribution in [3.63, 3.8) is 0 Å². The van der Waals surface area contributed by atoms with Crippen LogP contribution in [0.3, 0.4) is 0 Å². The van der Waals surface area contributed by atoms with E-state index in [2.05, 4.69) is 176 Å². The SMILES string of the molecule is CC(C)CCC[C@@H](C)[C@H]1CCC2C3CC=C4C[C@@H](OC(=O)CCCC(=O)OC(COC(=O)CCc5c(I)cc(I)c(N)c5I)COC(=O)CCc5c(I)cc(I)c(N)c5I)CC[C@]4(C)C3CC[C@@]21C. The Kier molecular flexibility index (Phi) is 22.1. The first-order valence-corrected chi connectivity index (χ1v) is 31.3. The van der Waals surface area contributed by atoms with Gasteiger partial charge in [0.15, 0.2) is 6.10 Å². The number of nitrogen functional groups attached to an aromatic ring is 2. The van der Waals surface area contributed by atoms with Gasteiger partial charge < -0.3 is 30.4 Å². The number of halogens is 6. The number of nitrogens with two attached hydrogens (primary N) is 2. The van der Waals surface area contributed by atoms with E-state index in [9.17, 15) is 19.2 Å². The Hall–Kier alpha value is 0.0400. The molecule has 0 spiro atoms. The van der Waals surface area contributed by atoms with Gasteiger partial charge in [-0.05, 0) is 269 Å². The second-order valence-electron chi connectivity index (χ2n) is 21.1. The number of benzene rings is 2. The third kappa shape index (κ3) is 14.7. The molecule has 0 bridgehead atoms. The standard InChI is InChI=1S/C53H70I6N2O8/c1-29(2)8-6-9-30(3)37-16-17-38-34-13-12-31-24-32(20-22-52(31,4)39(34)21-23-53(37,38)5)68-46(64)10-7-11-47(65)69-33(27-66-44(62)18-14-35-40(54)25-42(56)50(60)48(35)58)28-67-45(63)19-15-36-41(55)26-43(57)51(61)49(36)59/h12,25-26,29-30,32-34,37-39H,6-11,13-24,27-28,60-61H2,1-5H3/t30-,32+,34?,37-,38?,39?,52+,53-/m1/s1. The van der Waals surface area contributed by atoms with E-state index in [0.717, 1.165) is 87.8 Å². The summed E-state index contributed by atoms with van der Waals surface area (Å²) in [5.41, 5.74) is 17.9. The minimum atomic E-state index is -1.03. The third-order valence-corrected chi connectivity index (χ3v) is 22.4. The van der Waals surface area contributed by atoms with Crippen molar-refractivity contribution >= 4 is 171 Å². The van der Waals surface area contributed by atoms with Crippen molar-refractivity contribution in [3.05, 3.63) is 56.3 Å². The molecule has 2 aromatic carbocycles. The van der Waals surface area contributed by atoms with E-state index in [-0.39, 0.29) is 62.8 Å². The van der Waals surface area contributed by atoms with Crippen LogP contribution in [0, 0.1) is 67.8 Å². The number of anilines is 2. The van der Waals surface area contributed by atoms with E-state index in [4.69, 9.17) is 30.4 Å². The zero-order valence-corrected chi connectivity index (χ0v) is 53.6. The summed E-state index contributed by atoms with van der Waals surface area (Å²) >= 11 is 13.3. The Morgan fingerprint density at radius 3 is 1.84 bits per heavy atom. The molecule has 3 unspecified atom stereocenters. The van der Waals surface area contributed by atoms with Gasteiger partial charge in [-0.15, -0.1) is 0 Å². The second kappa shape index (κ2) is 26.2. The third-order valence-electron chi connectivity index (χ3n) is 16.2. The maximum Gasteiger partial charge on any atom is 0.306 e. The highest BCUT2D eigenvalue weighted by Gasteiger charge is 2.59. The normalized spacial score (nSPS) is 25.6. The lowest BCUT2D eigenvalue weighted by atomic mass is 9.47. The van der Waals surface area contributed by atoms with E-state index < -0.39 is 24.0 Å². The molecular weight excluding hydrogens is 1550 g/mol. The van der Waals surface area contributed by atoms with Crippen LogP contribution in [0.5, 0.6) is 0 Å². The molecule has 4 aliphatic carbocycles. The Bertz CT molecular complexity index is 2160. The van der Waals surface area contributed by atoms with Gasteiger partial charge in [0, 0.05) is 53.5 Å². The first-order valence-electron chi connectivity index (χ1n) is 24.9. The number of esters is 4. The van der Waals surface area contributed by atoms with Crippen molar-refractivity contribution in [3.8, 4) is 0 Å². The summed E-state index contributed by atoms with van der Waals surface area (Å²) in [5, 5.41) is 0. The van der Waals surface area contributed by atoms with Crippen LogP contribution in [-0.2, 0) is 51.0 Å². The lowest BCUT2D eigenvalue weighted by Crippen LogP contribution is -2.51. The molecule has 8 atom stereocenters. The zero-order valence-electron chi connectivity index (χ0n) is 40.7. The molecule has 0 aliphatic heterocycles. The Balaban J connectivity index is 0.980. The first kappa shape index (κ1) is 58.3. The number of hydrogen-bond donors (Lipinski definition) is 2. The number of carbonyl (C=O) groups excluding carboxylic acids is 4. The van der Waals surface area contributed by atoms with Crippen molar-refractivity contribution in [2.45, 2.75) is 162 Å². The lowest BCUT2D eigenvalue weighted by molar-refractivity contribution is -0.167. The molecule has 6 rings (SSSR count). The molecule has 382 valence electrons. The van der Waals surface area contributed by atoms with Crippen LogP contribution in [0.1, 0.15) is 148 Å². The maximum absolute atomic E-state index is 13.2. The van der Waals surface area contributed by atoms with E-state index in [1.807, 2.05) is 12.1 Å². The van der Waals surface area contributed by atoms with Crippen LogP contribution in [0.4, 0.5) is 11.4 Å². The Morgan fingerprint density at radius 2 is 1.26 bits per heavy atom. The fourth-order valence-electron chi connectivity index (χ4n) is 12.5. The lowest BCUT2D eigenvalue weighted by Gasteiger charge is -2.58.